The van der Waals surface area contributed by atoms with Gasteiger partial charge < -0.3 is 0 Å². The molecule has 0 saturated carbocycles. The summed E-state index contributed by atoms with van der Waals surface area (Å²) < 4.78 is 0. The Morgan fingerprint density at radius 1 is 1.21 bits per heavy atom. The van der Waals surface area contributed by atoms with Crippen LogP contribution in [0.3, 0.4) is 0 Å². The summed E-state index contributed by atoms with van der Waals surface area (Å²) in [5.74, 6) is 0. The normalized spacial score (nSPS) is 10.4. The number of aryl methyl sites for hydroxylation is 1. The Labute approximate surface area is 91.6 Å². The van der Waals surface area contributed by atoms with Gasteiger partial charge >= 0.3 is 0 Å². The molecule has 0 fully saturated rings. The SMILES string of the molecule is CCc1ccc(-c2ccc(Cl)nn2)s1. The highest BCUT2D eigenvalue weighted by Crippen LogP contribution is 2.26. The summed E-state index contributed by atoms with van der Waals surface area (Å²) >= 11 is 7.41. The Balaban J connectivity index is 2.34. The molecule has 0 bridgehead atoms. The summed E-state index contributed by atoms with van der Waals surface area (Å²) in [6.07, 6.45) is 1.06. The number of hydrogen-bond donors (Lipinski definition) is 0. The molecule has 0 radical (unpaired) electrons. The molecule has 2 nitrogen and oxygen atoms in total. The van der Waals surface area contributed by atoms with Crippen LogP contribution in [0.15, 0.2) is 24.3 Å². The Hall–Kier alpha value is -0.930. The summed E-state index contributed by atoms with van der Waals surface area (Å²) in [6.45, 7) is 2.14. The maximum atomic E-state index is 5.66. The lowest BCUT2D eigenvalue weighted by Gasteiger charge is -1.94. The molecule has 4 heteroatoms. The summed E-state index contributed by atoms with van der Waals surface area (Å²) in [6, 6.07) is 7.84. The van der Waals surface area contributed by atoms with Gasteiger partial charge in [-0.05, 0) is 30.7 Å². The lowest BCUT2D eigenvalue weighted by Crippen LogP contribution is -1.84. The molecule has 0 spiro atoms. The lowest BCUT2D eigenvalue weighted by atomic mass is 10.3. The Morgan fingerprint density at radius 3 is 2.64 bits per heavy atom. The van der Waals surface area contributed by atoms with Crippen LogP contribution in [-0.2, 0) is 6.42 Å². The van der Waals surface area contributed by atoms with Crippen LogP contribution in [0.25, 0.3) is 10.6 Å². The predicted octanol–water partition coefficient (Wildman–Crippen LogP) is 3.42. The third kappa shape index (κ3) is 1.94. The summed E-state index contributed by atoms with van der Waals surface area (Å²) in [7, 11) is 0. The average Bonchev–Trinajstić information content (AvgIpc) is 2.67. The number of hydrogen-bond acceptors (Lipinski definition) is 3. The minimum absolute atomic E-state index is 0.432. The van der Waals surface area contributed by atoms with Crippen LogP contribution in [0.5, 0.6) is 0 Å². The highest BCUT2D eigenvalue weighted by molar-refractivity contribution is 7.15. The Bertz CT molecular complexity index is 422. The van der Waals surface area contributed by atoms with E-state index in [2.05, 4.69) is 29.3 Å². The second-order valence-electron chi connectivity index (χ2n) is 2.86. The van der Waals surface area contributed by atoms with Gasteiger partial charge in [0.25, 0.3) is 0 Å². The first-order chi connectivity index (χ1) is 6.79. The van der Waals surface area contributed by atoms with Crippen LogP contribution in [0.4, 0.5) is 0 Å². The monoisotopic (exact) mass is 224 g/mol. The van der Waals surface area contributed by atoms with Crippen molar-refractivity contribution in [1.29, 1.82) is 0 Å². The predicted molar refractivity (Wildman–Crippen MR) is 59.7 cm³/mol. The van der Waals surface area contributed by atoms with Gasteiger partial charge in [0, 0.05) is 4.88 Å². The van der Waals surface area contributed by atoms with E-state index < -0.39 is 0 Å². The van der Waals surface area contributed by atoms with Crippen LogP contribution in [-0.4, -0.2) is 10.2 Å². The Morgan fingerprint density at radius 2 is 2.07 bits per heavy atom. The zero-order chi connectivity index (χ0) is 9.97. The summed E-state index contributed by atoms with van der Waals surface area (Å²) in [5.41, 5.74) is 0.888. The number of rotatable bonds is 2. The molecule has 2 aromatic heterocycles. The zero-order valence-corrected chi connectivity index (χ0v) is 9.27. The van der Waals surface area contributed by atoms with E-state index in [9.17, 15) is 0 Å². The molecule has 0 unspecified atom stereocenters. The van der Waals surface area contributed by atoms with Crippen molar-refractivity contribution in [3.8, 4) is 10.6 Å². The van der Waals surface area contributed by atoms with Gasteiger partial charge in [0.2, 0.25) is 0 Å². The van der Waals surface area contributed by atoms with E-state index in [1.165, 1.54) is 4.88 Å². The fourth-order valence-corrected chi connectivity index (χ4v) is 2.17. The highest BCUT2D eigenvalue weighted by atomic mass is 35.5. The first-order valence-corrected chi connectivity index (χ1v) is 5.57. The molecule has 0 aromatic carbocycles. The molecule has 0 aliphatic heterocycles. The number of aromatic nitrogens is 2. The molecule has 0 aliphatic rings. The van der Waals surface area contributed by atoms with Gasteiger partial charge in [-0.1, -0.05) is 18.5 Å². The van der Waals surface area contributed by atoms with Crippen molar-refractivity contribution in [1.82, 2.24) is 10.2 Å². The maximum Gasteiger partial charge on any atom is 0.151 e. The first kappa shape index (κ1) is 9.62. The van der Waals surface area contributed by atoms with E-state index >= 15 is 0 Å². The van der Waals surface area contributed by atoms with E-state index in [0.717, 1.165) is 17.0 Å². The quantitative estimate of drug-likeness (QED) is 0.781. The third-order valence-corrected chi connectivity index (χ3v) is 3.35. The van der Waals surface area contributed by atoms with Crippen LogP contribution in [0, 0.1) is 0 Å². The molecule has 0 amide bonds. The van der Waals surface area contributed by atoms with Gasteiger partial charge in [0.1, 0.15) is 5.69 Å². The summed E-state index contributed by atoms with van der Waals surface area (Å²) in [5, 5.41) is 8.27. The molecular formula is C10H9ClN2S. The van der Waals surface area contributed by atoms with Crippen molar-refractivity contribution in [3.05, 3.63) is 34.3 Å². The van der Waals surface area contributed by atoms with Gasteiger partial charge in [-0.15, -0.1) is 21.5 Å². The van der Waals surface area contributed by atoms with E-state index in [1.807, 2.05) is 6.07 Å². The number of thiophene rings is 1. The van der Waals surface area contributed by atoms with Crippen LogP contribution >= 0.6 is 22.9 Å². The molecule has 0 N–H and O–H groups in total. The highest BCUT2D eigenvalue weighted by Gasteiger charge is 2.03. The van der Waals surface area contributed by atoms with E-state index in [-0.39, 0.29) is 0 Å². The molecule has 0 aliphatic carbocycles. The molecule has 2 heterocycles. The van der Waals surface area contributed by atoms with E-state index in [4.69, 9.17) is 11.6 Å². The molecule has 0 atom stereocenters. The second kappa shape index (κ2) is 4.07. The van der Waals surface area contributed by atoms with Crippen molar-refractivity contribution in [2.75, 3.05) is 0 Å². The zero-order valence-electron chi connectivity index (χ0n) is 7.70. The third-order valence-electron chi connectivity index (χ3n) is 1.89. The van der Waals surface area contributed by atoms with Crippen LogP contribution in [0.2, 0.25) is 5.15 Å². The fraction of sp³-hybridized carbons (Fsp3) is 0.200. The summed E-state index contributed by atoms with van der Waals surface area (Å²) in [4.78, 5) is 2.50. The van der Waals surface area contributed by atoms with E-state index in [1.54, 1.807) is 17.4 Å². The topological polar surface area (TPSA) is 25.8 Å². The number of halogens is 1. The molecule has 0 saturated heterocycles. The van der Waals surface area contributed by atoms with Crippen LogP contribution in [0.1, 0.15) is 11.8 Å². The minimum Gasteiger partial charge on any atom is -0.148 e. The minimum atomic E-state index is 0.432. The first-order valence-electron chi connectivity index (χ1n) is 4.38. The van der Waals surface area contributed by atoms with Gasteiger partial charge in [0.05, 0.1) is 4.88 Å². The van der Waals surface area contributed by atoms with Crippen LogP contribution < -0.4 is 0 Å². The number of nitrogens with zero attached hydrogens (tertiary/aromatic N) is 2. The van der Waals surface area contributed by atoms with Crippen molar-refractivity contribution in [2.24, 2.45) is 0 Å². The van der Waals surface area contributed by atoms with Crippen molar-refractivity contribution >= 4 is 22.9 Å². The molecule has 2 rings (SSSR count). The fourth-order valence-electron chi connectivity index (χ4n) is 1.15. The maximum absolute atomic E-state index is 5.66. The average molecular weight is 225 g/mol. The molecule has 2 aromatic rings. The van der Waals surface area contributed by atoms with Gasteiger partial charge in [-0.25, -0.2) is 0 Å². The van der Waals surface area contributed by atoms with Crippen molar-refractivity contribution in [3.63, 3.8) is 0 Å². The largest absolute Gasteiger partial charge is 0.151 e. The molecular weight excluding hydrogens is 216 g/mol. The smallest absolute Gasteiger partial charge is 0.148 e. The van der Waals surface area contributed by atoms with Gasteiger partial charge in [0.15, 0.2) is 5.15 Å². The standard InChI is InChI=1S/C10H9ClN2S/c1-2-7-3-5-9(14-7)8-4-6-10(11)13-12-8/h3-6H,2H2,1H3. The van der Waals surface area contributed by atoms with E-state index in [0.29, 0.717) is 5.15 Å². The van der Waals surface area contributed by atoms with Gasteiger partial charge in [-0.2, -0.15) is 0 Å². The van der Waals surface area contributed by atoms with Crippen molar-refractivity contribution in [2.45, 2.75) is 13.3 Å². The lowest BCUT2D eigenvalue weighted by molar-refractivity contribution is 1.04. The Kier molecular flexibility index (Phi) is 2.79. The molecule has 14 heavy (non-hydrogen) atoms. The van der Waals surface area contributed by atoms with Crippen molar-refractivity contribution < 1.29 is 0 Å². The van der Waals surface area contributed by atoms with Gasteiger partial charge in [-0.3, -0.25) is 0 Å². The molecule has 72 valence electrons. The second-order valence-corrected chi connectivity index (χ2v) is 4.42.